The van der Waals surface area contributed by atoms with Gasteiger partial charge in [-0.05, 0) is 17.5 Å². The van der Waals surface area contributed by atoms with E-state index in [1.54, 1.807) is 6.20 Å². The van der Waals surface area contributed by atoms with Crippen molar-refractivity contribution in [2.75, 3.05) is 5.75 Å². The van der Waals surface area contributed by atoms with Gasteiger partial charge in [-0.1, -0.05) is 31.7 Å². The predicted molar refractivity (Wildman–Crippen MR) is 69.6 cm³/mol. The lowest BCUT2D eigenvalue weighted by Gasteiger charge is -2.13. The lowest BCUT2D eigenvalue weighted by Crippen LogP contribution is -2.31. The summed E-state index contributed by atoms with van der Waals surface area (Å²) < 4.78 is 0. The Bertz CT molecular complexity index is 362. The van der Waals surface area contributed by atoms with Crippen LogP contribution in [0.4, 0.5) is 0 Å². The largest absolute Gasteiger partial charge is 0.361 e. The Labute approximate surface area is 101 Å². The van der Waals surface area contributed by atoms with E-state index < -0.39 is 0 Å². The van der Waals surface area contributed by atoms with Crippen LogP contribution in [0.25, 0.3) is 0 Å². The van der Waals surface area contributed by atoms with Gasteiger partial charge in [-0.2, -0.15) is 0 Å². The van der Waals surface area contributed by atoms with E-state index in [2.05, 4.69) is 35.2 Å². The van der Waals surface area contributed by atoms with Crippen LogP contribution in [0.15, 0.2) is 29.5 Å². The number of aliphatic imine (C=N–C) groups is 1. The Morgan fingerprint density at radius 3 is 3.12 bits per heavy atom. The molecule has 0 aliphatic carbocycles. The van der Waals surface area contributed by atoms with Crippen molar-refractivity contribution < 1.29 is 0 Å². The molecule has 4 heteroatoms. The molecule has 3 nitrogen and oxygen atoms in total. The quantitative estimate of drug-likeness (QED) is 0.873. The van der Waals surface area contributed by atoms with Gasteiger partial charge in [0, 0.05) is 24.2 Å². The summed E-state index contributed by atoms with van der Waals surface area (Å²) in [5, 5.41) is 4.52. The Kier molecular flexibility index (Phi) is 3.83. The summed E-state index contributed by atoms with van der Waals surface area (Å²) in [6, 6.07) is 4.57. The number of hydrogen-bond donors (Lipinski definition) is 1. The first kappa shape index (κ1) is 11.5. The molecule has 0 aromatic carbocycles. The Hall–Kier alpha value is -1.03. The van der Waals surface area contributed by atoms with Crippen LogP contribution in [0, 0.1) is 5.92 Å². The van der Waals surface area contributed by atoms with Crippen molar-refractivity contribution in [2.45, 2.75) is 26.4 Å². The average Bonchev–Trinajstić information content (AvgIpc) is 2.76. The highest BCUT2D eigenvalue weighted by atomic mass is 32.2. The summed E-state index contributed by atoms with van der Waals surface area (Å²) in [5.41, 5.74) is 1.16. The molecular formula is C12H17N3S. The highest BCUT2D eigenvalue weighted by Crippen LogP contribution is 2.19. The van der Waals surface area contributed by atoms with Crippen LogP contribution in [-0.2, 0) is 6.54 Å². The first-order chi connectivity index (χ1) is 7.75. The van der Waals surface area contributed by atoms with Crippen LogP contribution in [0.3, 0.4) is 0 Å². The fraction of sp³-hybridized carbons (Fsp3) is 0.500. The topological polar surface area (TPSA) is 37.3 Å². The fourth-order valence-electron chi connectivity index (χ4n) is 1.52. The van der Waals surface area contributed by atoms with Crippen molar-refractivity contribution in [3.05, 3.63) is 30.1 Å². The average molecular weight is 235 g/mol. The summed E-state index contributed by atoms with van der Waals surface area (Å²) in [4.78, 5) is 8.63. The van der Waals surface area contributed by atoms with Gasteiger partial charge >= 0.3 is 0 Å². The molecule has 1 saturated heterocycles. The second kappa shape index (κ2) is 5.34. The van der Waals surface area contributed by atoms with Gasteiger partial charge in [0.1, 0.15) is 0 Å². The number of nitrogens with zero attached hydrogens (tertiary/aromatic N) is 2. The van der Waals surface area contributed by atoms with Crippen LogP contribution >= 0.6 is 11.8 Å². The molecule has 0 amide bonds. The van der Waals surface area contributed by atoms with Gasteiger partial charge in [-0.3, -0.25) is 9.98 Å². The molecule has 1 aliphatic rings. The SMILES string of the molecule is CC(C)C1CSC(=NCc2cccnc2)N1. The van der Waals surface area contributed by atoms with Gasteiger partial charge < -0.3 is 5.32 Å². The Morgan fingerprint density at radius 1 is 1.62 bits per heavy atom. The zero-order chi connectivity index (χ0) is 11.4. The zero-order valence-corrected chi connectivity index (χ0v) is 10.5. The summed E-state index contributed by atoms with van der Waals surface area (Å²) in [5.74, 6) is 1.79. The molecule has 0 bridgehead atoms. The zero-order valence-electron chi connectivity index (χ0n) is 9.68. The number of aromatic nitrogens is 1. The van der Waals surface area contributed by atoms with E-state index in [9.17, 15) is 0 Å². The van der Waals surface area contributed by atoms with Gasteiger partial charge in [0.25, 0.3) is 0 Å². The Balaban J connectivity index is 1.90. The van der Waals surface area contributed by atoms with Crippen molar-refractivity contribution in [1.29, 1.82) is 0 Å². The molecule has 1 atom stereocenters. The monoisotopic (exact) mass is 235 g/mol. The standard InChI is InChI=1S/C12H17N3S/c1-9(2)11-8-16-12(15-11)14-7-10-4-3-5-13-6-10/h3-6,9,11H,7-8H2,1-2H3,(H,14,15). The van der Waals surface area contributed by atoms with Crippen molar-refractivity contribution in [2.24, 2.45) is 10.9 Å². The van der Waals surface area contributed by atoms with Gasteiger partial charge in [-0.15, -0.1) is 0 Å². The number of nitrogens with one attached hydrogen (secondary N) is 1. The maximum Gasteiger partial charge on any atom is 0.157 e. The normalized spacial score (nSPS) is 22.7. The second-order valence-electron chi connectivity index (χ2n) is 4.29. The molecule has 2 rings (SSSR count). The summed E-state index contributed by atoms with van der Waals surface area (Å²) in [6.07, 6.45) is 3.65. The van der Waals surface area contributed by atoms with E-state index in [0.29, 0.717) is 18.5 Å². The molecule has 0 spiro atoms. The first-order valence-corrected chi connectivity index (χ1v) is 6.57. The molecule has 1 aromatic rings. The fourth-order valence-corrected chi connectivity index (χ4v) is 2.71. The molecule has 0 radical (unpaired) electrons. The minimum atomic E-state index is 0.567. The highest BCUT2D eigenvalue weighted by Gasteiger charge is 2.22. The molecule has 1 fully saturated rings. The molecule has 16 heavy (non-hydrogen) atoms. The van der Waals surface area contributed by atoms with Crippen LogP contribution in [0.2, 0.25) is 0 Å². The van der Waals surface area contributed by atoms with E-state index in [1.807, 2.05) is 24.0 Å². The number of thioether (sulfide) groups is 1. The molecule has 2 heterocycles. The number of hydrogen-bond acceptors (Lipinski definition) is 3. The smallest absolute Gasteiger partial charge is 0.157 e. The van der Waals surface area contributed by atoms with Crippen LogP contribution in [0.1, 0.15) is 19.4 Å². The first-order valence-electron chi connectivity index (χ1n) is 5.58. The van der Waals surface area contributed by atoms with Gasteiger partial charge in [0.15, 0.2) is 5.17 Å². The highest BCUT2D eigenvalue weighted by molar-refractivity contribution is 8.14. The number of pyridine rings is 1. The van der Waals surface area contributed by atoms with Crippen molar-refractivity contribution in [1.82, 2.24) is 10.3 Å². The van der Waals surface area contributed by atoms with Gasteiger partial charge in [0.2, 0.25) is 0 Å². The minimum Gasteiger partial charge on any atom is -0.361 e. The molecule has 1 N–H and O–H groups in total. The molecule has 86 valence electrons. The molecule has 1 aliphatic heterocycles. The minimum absolute atomic E-state index is 0.567. The molecule has 1 aromatic heterocycles. The van der Waals surface area contributed by atoms with Crippen molar-refractivity contribution >= 4 is 16.9 Å². The van der Waals surface area contributed by atoms with Crippen molar-refractivity contribution in [3.8, 4) is 0 Å². The lowest BCUT2D eigenvalue weighted by atomic mass is 10.1. The van der Waals surface area contributed by atoms with Crippen molar-refractivity contribution in [3.63, 3.8) is 0 Å². The summed E-state index contributed by atoms with van der Waals surface area (Å²) in [6.45, 7) is 5.19. The lowest BCUT2D eigenvalue weighted by molar-refractivity contribution is 0.503. The molecular weight excluding hydrogens is 218 g/mol. The summed E-state index contributed by atoms with van der Waals surface area (Å²) >= 11 is 1.82. The molecule has 1 unspecified atom stereocenters. The van der Waals surface area contributed by atoms with E-state index in [-0.39, 0.29) is 0 Å². The third kappa shape index (κ3) is 2.98. The Morgan fingerprint density at radius 2 is 2.50 bits per heavy atom. The maximum absolute atomic E-state index is 4.55. The van der Waals surface area contributed by atoms with E-state index in [1.165, 1.54) is 0 Å². The third-order valence-corrected chi connectivity index (χ3v) is 3.69. The number of rotatable bonds is 3. The number of amidine groups is 1. The van der Waals surface area contributed by atoms with Crippen LogP contribution in [0.5, 0.6) is 0 Å². The van der Waals surface area contributed by atoms with Gasteiger partial charge in [-0.25, -0.2) is 0 Å². The van der Waals surface area contributed by atoms with Crippen LogP contribution < -0.4 is 5.32 Å². The van der Waals surface area contributed by atoms with Crippen LogP contribution in [-0.4, -0.2) is 21.9 Å². The van der Waals surface area contributed by atoms with Gasteiger partial charge in [0.05, 0.1) is 6.54 Å². The maximum atomic E-state index is 4.55. The predicted octanol–water partition coefficient (Wildman–Crippen LogP) is 2.30. The summed E-state index contributed by atoms with van der Waals surface area (Å²) in [7, 11) is 0. The molecule has 0 saturated carbocycles. The van der Waals surface area contributed by atoms with E-state index in [0.717, 1.165) is 16.5 Å². The third-order valence-electron chi connectivity index (χ3n) is 2.64. The second-order valence-corrected chi connectivity index (χ2v) is 5.30. The van der Waals surface area contributed by atoms with E-state index in [4.69, 9.17) is 0 Å². The van der Waals surface area contributed by atoms with E-state index >= 15 is 0 Å².